The number of unbranched alkanes of at least 4 members (excludes halogenated alkanes) is 1. The number of hydrogen-bond acceptors (Lipinski definition) is 3. The minimum atomic E-state index is -0.0656. The van der Waals surface area contributed by atoms with Crippen molar-refractivity contribution in [1.29, 1.82) is 0 Å². The van der Waals surface area contributed by atoms with Crippen molar-refractivity contribution in [2.24, 2.45) is 17.3 Å². The molecule has 2 N–H and O–H groups in total. The fourth-order valence-electron chi connectivity index (χ4n) is 5.81. The van der Waals surface area contributed by atoms with Crippen LogP contribution in [0.15, 0.2) is 40.4 Å². The van der Waals surface area contributed by atoms with Crippen LogP contribution in [0.25, 0.3) is 0 Å². The number of amides is 4. The molecule has 198 valence electrons. The summed E-state index contributed by atoms with van der Waals surface area (Å²) in [5.74, 6) is 1.41. The summed E-state index contributed by atoms with van der Waals surface area (Å²) in [6, 6.07) is 7.65. The number of nitrogens with one attached hydrogen (secondary N) is 2. The van der Waals surface area contributed by atoms with Gasteiger partial charge in [-0.25, -0.2) is 9.59 Å². The second-order valence-electron chi connectivity index (χ2n) is 11.1. The van der Waals surface area contributed by atoms with E-state index < -0.39 is 0 Å². The normalized spacial score (nSPS) is 22.9. The van der Waals surface area contributed by atoms with Crippen LogP contribution in [0.2, 0.25) is 0 Å². The lowest BCUT2D eigenvalue weighted by Crippen LogP contribution is -2.53. The maximum atomic E-state index is 13.1. The Morgan fingerprint density at radius 3 is 2.58 bits per heavy atom. The standard InChI is InChI=1S/C28H42BrN5O2/c1-4-5-12-30-26(35)34(20-21-10-11-22-19-23(21)28(22,2)3)18-15-32-13-16-33(17-14-32)27(36)31-25-9-7-6-8-24(25)29/h6-10,22-23H,4-5,11-20H2,1-3H3,(H,30,35)(H,31,36). The number of carbonyl (C=O) groups excluding carboxylic acids is 2. The van der Waals surface area contributed by atoms with Crippen molar-refractivity contribution in [3.63, 3.8) is 0 Å². The van der Waals surface area contributed by atoms with E-state index in [9.17, 15) is 9.59 Å². The Balaban J connectivity index is 1.28. The number of piperazine rings is 1. The van der Waals surface area contributed by atoms with Gasteiger partial charge < -0.3 is 20.4 Å². The Labute approximate surface area is 224 Å². The zero-order valence-corrected chi connectivity index (χ0v) is 23.6. The number of carbonyl (C=O) groups is 2. The van der Waals surface area contributed by atoms with Crippen molar-refractivity contribution in [2.75, 3.05) is 57.7 Å². The van der Waals surface area contributed by atoms with Crippen LogP contribution in [0.3, 0.4) is 0 Å². The molecule has 8 heteroatoms. The molecule has 2 atom stereocenters. The van der Waals surface area contributed by atoms with Gasteiger partial charge in [0.25, 0.3) is 0 Å². The maximum absolute atomic E-state index is 13.1. The molecule has 0 aromatic heterocycles. The molecule has 5 rings (SSSR count). The van der Waals surface area contributed by atoms with Crippen molar-refractivity contribution in [2.45, 2.75) is 46.5 Å². The van der Waals surface area contributed by atoms with E-state index >= 15 is 0 Å². The molecular formula is C28H42BrN5O2. The zero-order valence-electron chi connectivity index (χ0n) is 22.1. The van der Waals surface area contributed by atoms with Crippen LogP contribution in [-0.2, 0) is 0 Å². The van der Waals surface area contributed by atoms with E-state index in [0.29, 0.717) is 31.0 Å². The van der Waals surface area contributed by atoms with Crippen molar-refractivity contribution >= 4 is 33.7 Å². The highest BCUT2D eigenvalue weighted by molar-refractivity contribution is 9.10. The fraction of sp³-hybridized carbons (Fsp3) is 0.643. The number of fused-ring (bicyclic) bond motifs is 1. The van der Waals surface area contributed by atoms with Crippen LogP contribution in [-0.4, -0.2) is 79.1 Å². The number of nitrogens with zero attached hydrogens (tertiary/aromatic N) is 3. The highest BCUT2D eigenvalue weighted by Gasteiger charge is 2.51. The highest BCUT2D eigenvalue weighted by atomic mass is 79.9. The summed E-state index contributed by atoms with van der Waals surface area (Å²) in [5, 5.41) is 6.13. The van der Waals surface area contributed by atoms with Crippen LogP contribution in [0.4, 0.5) is 15.3 Å². The number of hydrogen-bond donors (Lipinski definition) is 2. The predicted octanol–water partition coefficient (Wildman–Crippen LogP) is 5.40. The molecule has 1 saturated carbocycles. The lowest BCUT2D eigenvalue weighted by atomic mass is 9.49. The van der Waals surface area contributed by atoms with E-state index in [-0.39, 0.29) is 12.1 Å². The molecule has 1 aromatic carbocycles. The van der Waals surface area contributed by atoms with E-state index in [4.69, 9.17) is 0 Å². The molecular weight excluding hydrogens is 518 g/mol. The van der Waals surface area contributed by atoms with Crippen LogP contribution < -0.4 is 10.6 Å². The fourth-order valence-corrected chi connectivity index (χ4v) is 6.19. The molecule has 0 radical (unpaired) electrons. The first kappa shape index (κ1) is 27.0. The molecule has 3 aliphatic carbocycles. The van der Waals surface area contributed by atoms with Gasteiger partial charge in [-0.3, -0.25) is 4.90 Å². The van der Waals surface area contributed by atoms with Gasteiger partial charge in [-0.2, -0.15) is 0 Å². The molecule has 1 aromatic rings. The van der Waals surface area contributed by atoms with Gasteiger partial charge in [-0.15, -0.1) is 0 Å². The van der Waals surface area contributed by atoms with Crippen LogP contribution in [0.1, 0.15) is 46.5 Å². The Morgan fingerprint density at radius 1 is 1.17 bits per heavy atom. The van der Waals surface area contributed by atoms with Crippen LogP contribution in [0, 0.1) is 17.3 Å². The summed E-state index contributed by atoms with van der Waals surface area (Å²) >= 11 is 3.49. The van der Waals surface area contributed by atoms with Crippen LogP contribution >= 0.6 is 15.9 Å². The van der Waals surface area contributed by atoms with Gasteiger partial charge in [0.2, 0.25) is 0 Å². The van der Waals surface area contributed by atoms with E-state index in [1.54, 1.807) is 0 Å². The molecule has 2 bridgehead atoms. The largest absolute Gasteiger partial charge is 0.338 e. The minimum Gasteiger partial charge on any atom is -0.338 e. The summed E-state index contributed by atoms with van der Waals surface area (Å²) < 4.78 is 0.878. The molecule has 2 unspecified atom stereocenters. The molecule has 1 aliphatic heterocycles. The Hall–Kier alpha value is -2.06. The van der Waals surface area contributed by atoms with Crippen molar-refractivity contribution in [1.82, 2.24) is 20.0 Å². The number of benzene rings is 1. The SMILES string of the molecule is CCCCNC(=O)N(CCN1CCN(C(=O)Nc2ccccc2Br)CC1)CC1=CCC2CC1C2(C)C. The third-order valence-corrected chi connectivity index (χ3v) is 9.20. The second kappa shape index (κ2) is 12.0. The lowest BCUT2D eigenvalue weighted by molar-refractivity contribution is -0.00982. The van der Waals surface area contributed by atoms with Gasteiger partial charge in [0, 0.05) is 56.8 Å². The summed E-state index contributed by atoms with van der Waals surface area (Å²) in [6.45, 7) is 12.9. The van der Waals surface area contributed by atoms with E-state index in [1.807, 2.05) is 34.1 Å². The number of urea groups is 2. The quantitative estimate of drug-likeness (QED) is 0.314. The average Bonchev–Trinajstić information content (AvgIpc) is 2.88. The number of para-hydroxylation sites is 1. The highest BCUT2D eigenvalue weighted by Crippen LogP contribution is 2.59. The van der Waals surface area contributed by atoms with E-state index in [0.717, 1.165) is 68.1 Å². The zero-order chi connectivity index (χ0) is 25.7. The predicted molar refractivity (Wildman–Crippen MR) is 149 cm³/mol. The van der Waals surface area contributed by atoms with Crippen molar-refractivity contribution in [3.05, 3.63) is 40.4 Å². The first-order valence-electron chi connectivity index (χ1n) is 13.5. The molecule has 7 nitrogen and oxygen atoms in total. The topological polar surface area (TPSA) is 67.9 Å². The minimum absolute atomic E-state index is 0.0510. The van der Waals surface area contributed by atoms with Gasteiger partial charge in [0.05, 0.1) is 5.69 Å². The van der Waals surface area contributed by atoms with Gasteiger partial charge in [-0.05, 0) is 64.6 Å². The Kier molecular flexibility index (Phi) is 8.99. The molecule has 4 amide bonds. The van der Waals surface area contributed by atoms with Gasteiger partial charge in [-0.1, -0.05) is 51.0 Å². The van der Waals surface area contributed by atoms with E-state index in [2.05, 4.69) is 58.3 Å². The molecule has 4 aliphatic rings. The number of allylic oxidation sites excluding steroid dienone is 1. The third-order valence-electron chi connectivity index (χ3n) is 8.51. The summed E-state index contributed by atoms with van der Waals surface area (Å²) in [7, 11) is 0. The molecule has 0 spiro atoms. The summed E-state index contributed by atoms with van der Waals surface area (Å²) in [5.41, 5.74) is 2.59. The van der Waals surface area contributed by atoms with Crippen LogP contribution in [0.5, 0.6) is 0 Å². The lowest BCUT2D eigenvalue weighted by Gasteiger charge is -2.57. The average molecular weight is 561 g/mol. The van der Waals surface area contributed by atoms with Gasteiger partial charge in [0.1, 0.15) is 0 Å². The van der Waals surface area contributed by atoms with Crippen molar-refractivity contribution < 1.29 is 9.59 Å². The van der Waals surface area contributed by atoms with E-state index in [1.165, 1.54) is 12.0 Å². The molecule has 1 heterocycles. The number of halogens is 1. The van der Waals surface area contributed by atoms with Gasteiger partial charge >= 0.3 is 12.1 Å². The first-order chi connectivity index (χ1) is 17.3. The Morgan fingerprint density at radius 2 is 1.92 bits per heavy atom. The molecule has 1 saturated heterocycles. The van der Waals surface area contributed by atoms with Gasteiger partial charge in [0.15, 0.2) is 0 Å². The monoisotopic (exact) mass is 559 g/mol. The molecule has 36 heavy (non-hydrogen) atoms. The summed E-state index contributed by atoms with van der Waals surface area (Å²) in [4.78, 5) is 32.1. The smallest absolute Gasteiger partial charge is 0.321 e. The molecule has 2 fully saturated rings. The number of rotatable bonds is 9. The summed E-state index contributed by atoms with van der Waals surface area (Å²) in [6.07, 6.45) is 6.89. The third kappa shape index (κ3) is 6.25. The number of anilines is 1. The second-order valence-corrected chi connectivity index (χ2v) is 11.9. The Bertz CT molecular complexity index is 957. The maximum Gasteiger partial charge on any atom is 0.321 e. The van der Waals surface area contributed by atoms with Crippen molar-refractivity contribution in [3.8, 4) is 0 Å². The first-order valence-corrected chi connectivity index (χ1v) is 14.3.